The number of halogens is 2. The molecule has 43 heavy (non-hydrogen) atoms. The first kappa shape index (κ1) is 30.3. The molecule has 2 aromatic carbocycles. The van der Waals surface area contributed by atoms with E-state index in [4.69, 9.17) is 9.47 Å². The minimum Gasteiger partial charge on any atom is -0.497 e. The van der Waals surface area contributed by atoms with E-state index in [-0.39, 0.29) is 29.8 Å². The Balaban J connectivity index is 1.59. The molecule has 228 valence electrons. The van der Waals surface area contributed by atoms with Crippen LogP contribution in [0.2, 0.25) is 0 Å². The molecule has 0 bridgehead atoms. The minimum absolute atomic E-state index is 0.0226. The van der Waals surface area contributed by atoms with Gasteiger partial charge in [0.15, 0.2) is 0 Å². The summed E-state index contributed by atoms with van der Waals surface area (Å²) in [5, 5.41) is 5.72. The lowest BCUT2D eigenvalue weighted by Crippen LogP contribution is -2.53. The number of ether oxygens (including phenoxy) is 2. The smallest absolute Gasteiger partial charge is 0.319 e. The number of rotatable bonds is 7. The Morgan fingerprint density at radius 3 is 2.40 bits per heavy atom. The van der Waals surface area contributed by atoms with Gasteiger partial charge in [-0.1, -0.05) is 44.2 Å². The first-order valence-corrected chi connectivity index (χ1v) is 14.5. The number of allylic oxidation sites excluding steroid dienone is 3. The Morgan fingerprint density at radius 2 is 1.74 bits per heavy atom. The molecule has 0 spiro atoms. The molecule has 2 aromatic rings. The average molecular weight is 593 g/mol. The zero-order valence-corrected chi connectivity index (χ0v) is 25.2. The molecule has 1 fully saturated rings. The van der Waals surface area contributed by atoms with Crippen molar-refractivity contribution in [2.24, 2.45) is 0 Å². The highest BCUT2D eigenvalue weighted by molar-refractivity contribution is 5.85. The van der Waals surface area contributed by atoms with Crippen LogP contribution in [0.15, 0.2) is 77.4 Å². The molecule has 1 saturated heterocycles. The molecule has 0 radical (unpaired) electrons. The maximum atomic E-state index is 17.0. The van der Waals surface area contributed by atoms with Crippen LogP contribution in [0.4, 0.5) is 13.6 Å². The fraction of sp³-hybridized carbons (Fsp3) is 0.394. The largest absolute Gasteiger partial charge is 0.497 e. The number of piperazine rings is 1. The normalized spacial score (nSPS) is 21.2. The standard InChI is InChI=1S/C33H38F2N4O4/c1-20(2)23-8-6-7-9-25(23)33(26-11-10-22(43-5)16-27(26)34)19-28-24(17-30(33)35)29(18-31(40)37-28)38-12-14-39(15-13-38)32(41)36-21(3)42-4/h6-11,16-17,19-21H,12-15,18H2,1-5H3,(H,36,41)(H,37,40). The summed E-state index contributed by atoms with van der Waals surface area (Å²) < 4.78 is 43.2. The van der Waals surface area contributed by atoms with Crippen molar-refractivity contribution in [3.8, 4) is 5.75 Å². The van der Waals surface area contributed by atoms with Crippen LogP contribution in [-0.2, 0) is 14.9 Å². The zero-order chi connectivity index (χ0) is 30.9. The number of carbonyl (C=O) groups excluding carboxylic acids is 2. The predicted molar refractivity (Wildman–Crippen MR) is 159 cm³/mol. The maximum absolute atomic E-state index is 17.0. The summed E-state index contributed by atoms with van der Waals surface area (Å²) in [6.07, 6.45) is 2.73. The summed E-state index contributed by atoms with van der Waals surface area (Å²) >= 11 is 0. The Morgan fingerprint density at radius 1 is 1.02 bits per heavy atom. The lowest BCUT2D eigenvalue weighted by Gasteiger charge is -2.42. The van der Waals surface area contributed by atoms with Crippen LogP contribution in [0.1, 0.15) is 49.8 Å². The Bertz CT molecular complexity index is 1510. The quantitative estimate of drug-likeness (QED) is 0.438. The highest BCUT2D eigenvalue weighted by atomic mass is 19.1. The minimum atomic E-state index is -1.62. The summed E-state index contributed by atoms with van der Waals surface area (Å²) in [6.45, 7) is 7.56. The third kappa shape index (κ3) is 5.63. The SMILES string of the molecule is COc1ccc(C2(c3ccccc3C(C)C)C=C3NC(=O)CC(N4CCN(C(=O)NC(C)OC)CC4)=C3C=C2F)c(F)c1. The molecule has 1 aliphatic carbocycles. The molecular weight excluding hydrogens is 554 g/mol. The first-order valence-electron chi connectivity index (χ1n) is 14.5. The van der Waals surface area contributed by atoms with Crippen molar-refractivity contribution in [2.75, 3.05) is 40.4 Å². The number of fused-ring (bicyclic) bond motifs is 1. The molecule has 2 aliphatic heterocycles. The number of benzene rings is 2. The topological polar surface area (TPSA) is 83.1 Å². The van der Waals surface area contributed by atoms with Crippen molar-refractivity contribution in [2.45, 2.75) is 44.8 Å². The predicted octanol–water partition coefficient (Wildman–Crippen LogP) is 5.09. The third-order valence-electron chi connectivity index (χ3n) is 8.45. The highest BCUT2D eigenvalue weighted by Crippen LogP contribution is 2.50. The Labute approximate surface area is 251 Å². The Hall–Kier alpha value is -4.18. The lowest BCUT2D eigenvalue weighted by atomic mass is 9.67. The third-order valence-corrected chi connectivity index (χ3v) is 8.45. The van der Waals surface area contributed by atoms with Gasteiger partial charge in [-0.05, 0) is 42.2 Å². The molecule has 2 heterocycles. The molecule has 8 nitrogen and oxygen atoms in total. The summed E-state index contributed by atoms with van der Waals surface area (Å²) in [7, 11) is 2.97. The van der Waals surface area contributed by atoms with Crippen LogP contribution in [0, 0.1) is 5.82 Å². The Kier molecular flexibility index (Phi) is 8.59. The van der Waals surface area contributed by atoms with Gasteiger partial charge in [-0.3, -0.25) is 4.79 Å². The van der Waals surface area contributed by atoms with Gasteiger partial charge in [-0.2, -0.15) is 0 Å². The second-order valence-corrected chi connectivity index (χ2v) is 11.3. The van der Waals surface area contributed by atoms with E-state index in [1.807, 2.05) is 43.0 Å². The number of carbonyl (C=O) groups is 2. The van der Waals surface area contributed by atoms with Crippen LogP contribution in [0.3, 0.4) is 0 Å². The van der Waals surface area contributed by atoms with Crippen molar-refractivity contribution in [3.05, 3.63) is 99.9 Å². The van der Waals surface area contributed by atoms with Crippen LogP contribution >= 0.6 is 0 Å². The summed E-state index contributed by atoms with van der Waals surface area (Å²) in [6, 6.07) is 11.6. The number of urea groups is 1. The summed E-state index contributed by atoms with van der Waals surface area (Å²) in [5.74, 6) is -1.07. The van der Waals surface area contributed by atoms with Gasteiger partial charge >= 0.3 is 6.03 Å². The molecule has 2 unspecified atom stereocenters. The van der Waals surface area contributed by atoms with Gasteiger partial charge in [0.2, 0.25) is 5.91 Å². The van der Waals surface area contributed by atoms with E-state index in [1.165, 1.54) is 26.4 Å². The lowest BCUT2D eigenvalue weighted by molar-refractivity contribution is -0.120. The summed E-state index contributed by atoms with van der Waals surface area (Å²) in [4.78, 5) is 29.4. The van der Waals surface area contributed by atoms with E-state index < -0.39 is 23.3 Å². The van der Waals surface area contributed by atoms with Crippen molar-refractivity contribution >= 4 is 11.9 Å². The van der Waals surface area contributed by atoms with Gasteiger partial charge in [-0.25, -0.2) is 13.6 Å². The van der Waals surface area contributed by atoms with Crippen LogP contribution < -0.4 is 15.4 Å². The molecule has 3 aliphatic rings. The fourth-order valence-electron chi connectivity index (χ4n) is 6.11. The number of methoxy groups -OCH3 is 2. The van der Waals surface area contributed by atoms with E-state index in [1.54, 1.807) is 30.0 Å². The van der Waals surface area contributed by atoms with Crippen LogP contribution in [0.25, 0.3) is 0 Å². The number of hydrogen-bond donors (Lipinski definition) is 2. The van der Waals surface area contributed by atoms with Gasteiger partial charge in [-0.15, -0.1) is 0 Å². The monoisotopic (exact) mass is 592 g/mol. The van der Waals surface area contributed by atoms with Gasteiger partial charge in [0.25, 0.3) is 0 Å². The van der Waals surface area contributed by atoms with E-state index in [0.29, 0.717) is 54.5 Å². The average Bonchev–Trinajstić information content (AvgIpc) is 3.00. The molecule has 0 saturated carbocycles. The zero-order valence-electron chi connectivity index (χ0n) is 25.2. The van der Waals surface area contributed by atoms with Crippen molar-refractivity contribution < 1.29 is 27.8 Å². The fourth-order valence-corrected chi connectivity index (χ4v) is 6.11. The highest BCUT2D eigenvalue weighted by Gasteiger charge is 2.45. The number of nitrogens with one attached hydrogen (secondary N) is 2. The van der Waals surface area contributed by atoms with E-state index in [9.17, 15) is 9.59 Å². The molecule has 0 aromatic heterocycles. The number of hydrogen-bond acceptors (Lipinski definition) is 5. The number of amides is 3. The van der Waals surface area contributed by atoms with Gasteiger partial charge in [0, 0.05) is 61.9 Å². The van der Waals surface area contributed by atoms with Crippen LogP contribution in [0.5, 0.6) is 5.75 Å². The van der Waals surface area contributed by atoms with E-state index >= 15 is 8.78 Å². The number of nitrogens with zero attached hydrogens (tertiary/aromatic N) is 2. The van der Waals surface area contributed by atoms with Crippen molar-refractivity contribution in [1.29, 1.82) is 0 Å². The van der Waals surface area contributed by atoms with Gasteiger partial charge in [0.1, 0.15) is 23.6 Å². The van der Waals surface area contributed by atoms with Crippen molar-refractivity contribution in [1.82, 2.24) is 20.4 Å². The molecule has 10 heteroatoms. The van der Waals surface area contributed by atoms with Gasteiger partial charge in [0.05, 0.1) is 18.9 Å². The van der Waals surface area contributed by atoms with Crippen LogP contribution in [-0.4, -0.2) is 68.4 Å². The molecular formula is C33H38F2N4O4. The van der Waals surface area contributed by atoms with Gasteiger partial charge < -0.3 is 29.9 Å². The second kappa shape index (κ2) is 12.2. The molecule has 3 amide bonds. The molecule has 2 N–H and O–H groups in total. The first-order chi connectivity index (χ1) is 20.6. The van der Waals surface area contributed by atoms with E-state index in [0.717, 1.165) is 5.56 Å². The molecule has 2 atom stereocenters. The summed E-state index contributed by atoms with van der Waals surface area (Å²) in [5.41, 5.74) is 1.61. The second-order valence-electron chi connectivity index (χ2n) is 11.3. The molecule has 5 rings (SSSR count). The maximum Gasteiger partial charge on any atom is 0.319 e. The van der Waals surface area contributed by atoms with E-state index in [2.05, 4.69) is 10.6 Å². The van der Waals surface area contributed by atoms with Crippen molar-refractivity contribution in [3.63, 3.8) is 0 Å².